The summed E-state index contributed by atoms with van der Waals surface area (Å²) in [5, 5.41) is 18.8. The van der Waals surface area contributed by atoms with E-state index in [-0.39, 0.29) is 0 Å². The Labute approximate surface area is 106 Å². The smallest absolute Gasteiger partial charge is 0.195 e. The summed E-state index contributed by atoms with van der Waals surface area (Å²) in [5.74, 6) is -0.650. The van der Waals surface area contributed by atoms with Crippen molar-refractivity contribution in [2.75, 3.05) is 13.2 Å². The van der Waals surface area contributed by atoms with E-state index in [9.17, 15) is 10.2 Å². The van der Waals surface area contributed by atoms with Crippen molar-refractivity contribution in [3.05, 3.63) is 34.4 Å². The zero-order valence-corrected chi connectivity index (χ0v) is 10.5. The molecule has 2 aliphatic rings. The first-order valence-corrected chi connectivity index (χ1v) is 6.41. The fraction of sp³-hybridized carbons (Fsp3) is 0.571. The normalized spacial score (nSPS) is 21.6. The predicted octanol–water partition coefficient (Wildman–Crippen LogP) is 1.51. The van der Waals surface area contributed by atoms with Gasteiger partial charge in [0.1, 0.15) is 0 Å². The lowest BCUT2D eigenvalue weighted by atomic mass is 9.82. The van der Waals surface area contributed by atoms with Crippen molar-refractivity contribution in [3.8, 4) is 0 Å². The van der Waals surface area contributed by atoms with E-state index in [1.807, 2.05) is 13.0 Å². The van der Waals surface area contributed by atoms with Gasteiger partial charge >= 0.3 is 0 Å². The van der Waals surface area contributed by atoms with Gasteiger partial charge in [-0.3, -0.25) is 0 Å². The molecule has 1 aromatic rings. The Kier molecular flexibility index (Phi) is 2.90. The van der Waals surface area contributed by atoms with Crippen LogP contribution in [0.2, 0.25) is 0 Å². The highest BCUT2D eigenvalue weighted by atomic mass is 16.7. The molecule has 0 aromatic heterocycles. The van der Waals surface area contributed by atoms with E-state index in [0.29, 0.717) is 18.8 Å². The topological polar surface area (TPSA) is 58.9 Å². The summed E-state index contributed by atoms with van der Waals surface area (Å²) >= 11 is 0. The molecule has 1 aromatic carbocycles. The van der Waals surface area contributed by atoms with Crippen LogP contribution in [0, 0.1) is 6.92 Å². The number of aryl methyl sites for hydroxylation is 1. The first-order valence-electron chi connectivity index (χ1n) is 6.41. The molecule has 1 aliphatic carbocycles. The second-order valence-corrected chi connectivity index (χ2v) is 4.99. The molecule has 1 spiro atoms. The Morgan fingerprint density at radius 2 is 1.94 bits per heavy atom. The molecule has 0 unspecified atom stereocenters. The number of hydrogen-bond acceptors (Lipinski definition) is 4. The number of ether oxygens (including phenoxy) is 2. The van der Waals surface area contributed by atoms with Gasteiger partial charge in [-0.1, -0.05) is 12.1 Å². The largest absolute Gasteiger partial charge is 0.364 e. The molecule has 3 rings (SSSR count). The van der Waals surface area contributed by atoms with E-state index >= 15 is 0 Å². The van der Waals surface area contributed by atoms with Gasteiger partial charge in [0.25, 0.3) is 0 Å². The molecule has 0 amide bonds. The van der Waals surface area contributed by atoms with Crippen LogP contribution in [0.15, 0.2) is 12.1 Å². The first kappa shape index (κ1) is 12.1. The van der Waals surface area contributed by atoms with Crippen molar-refractivity contribution in [3.63, 3.8) is 0 Å². The standard InChI is InChI=1S/C14H18O4/c1-9-11(13(15)16)5-4-10-3-2-6-14(12(9)10)17-7-8-18-14/h4-5,13,15-16H,2-3,6-8H2,1H3. The molecule has 0 bridgehead atoms. The molecule has 1 fully saturated rings. The molecule has 1 saturated heterocycles. The lowest BCUT2D eigenvalue weighted by molar-refractivity contribution is -0.176. The van der Waals surface area contributed by atoms with Crippen LogP contribution in [0.1, 0.15) is 41.4 Å². The quantitative estimate of drug-likeness (QED) is 0.742. The molecule has 0 saturated carbocycles. The summed E-state index contributed by atoms with van der Waals surface area (Å²) in [4.78, 5) is 0. The van der Waals surface area contributed by atoms with Gasteiger partial charge in [-0.05, 0) is 30.9 Å². The summed E-state index contributed by atoms with van der Waals surface area (Å²) < 4.78 is 11.7. The van der Waals surface area contributed by atoms with Crippen molar-refractivity contribution in [1.82, 2.24) is 0 Å². The fourth-order valence-corrected chi connectivity index (χ4v) is 3.18. The minimum atomic E-state index is -1.45. The molecule has 0 radical (unpaired) electrons. The molecule has 98 valence electrons. The average Bonchev–Trinajstić information content (AvgIpc) is 2.78. The maximum Gasteiger partial charge on any atom is 0.195 e. The van der Waals surface area contributed by atoms with Crippen LogP contribution in [0.5, 0.6) is 0 Å². The van der Waals surface area contributed by atoms with Crippen LogP contribution in [0.3, 0.4) is 0 Å². The van der Waals surface area contributed by atoms with Gasteiger partial charge in [0, 0.05) is 17.5 Å². The molecule has 4 nitrogen and oxygen atoms in total. The number of aliphatic hydroxyl groups excluding tert-OH is 1. The van der Waals surface area contributed by atoms with E-state index in [0.717, 1.165) is 30.4 Å². The molecule has 1 aliphatic heterocycles. The predicted molar refractivity (Wildman–Crippen MR) is 64.9 cm³/mol. The van der Waals surface area contributed by atoms with Gasteiger partial charge in [-0.15, -0.1) is 0 Å². The van der Waals surface area contributed by atoms with Gasteiger partial charge in [-0.25, -0.2) is 0 Å². The Bertz CT molecular complexity index is 461. The van der Waals surface area contributed by atoms with Crippen molar-refractivity contribution >= 4 is 0 Å². The summed E-state index contributed by atoms with van der Waals surface area (Å²) in [5.41, 5.74) is 3.63. The Balaban J connectivity index is 2.17. The molecule has 0 atom stereocenters. The monoisotopic (exact) mass is 250 g/mol. The van der Waals surface area contributed by atoms with E-state index in [1.54, 1.807) is 6.07 Å². The number of hydrogen-bond donors (Lipinski definition) is 2. The van der Waals surface area contributed by atoms with Gasteiger partial charge in [-0.2, -0.15) is 0 Å². The lowest BCUT2D eigenvalue weighted by Gasteiger charge is -2.36. The van der Waals surface area contributed by atoms with Crippen LogP contribution in [-0.2, 0) is 21.7 Å². The van der Waals surface area contributed by atoms with Crippen molar-refractivity contribution in [1.29, 1.82) is 0 Å². The van der Waals surface area contributed by atoms with Crippen LogP contribution in [0.4, 0.5) is 0 Å². The second-order valence-electron chi connectivity index (χ2n) is 4.99. The zero-order chi connectivity index (χ0) is 12.8. The zero-order valence-electron chi connectivity index (χ0n) is 10.5. The summed E-state index contributed by atoms with van der Waals surface area (Å²) in [6.45, 7) is 3.11. The summed E-state index contributed by atoms with van der Waals surface area (Å²) in [6, 6.07) is 3.75. The SMILES string of the molecule is Cc1c(C(O)O)ccc2c1C1(CCC2)OCCO1. The van der Waals surface area contributed by atoms with Crippen LogP contribution < -0.4 is 0 Å². The van der Waals surface area contributed by atoms with Crippen molar-refractivity contribution < 1.29 is 19.7 Å². The number of benzene rings is 1. The maximum absolute atomic E-state index is 9.41. The number of rotatable bonds is 1. The fourth-order valence-electron chi connectivity index (χ4n) is 3.18. The Morgan fingerprint density at radius 3 is 2.61 bits per heavy atom. The minimum Gasteiger partial charge on any atom is -0.364 e. The third-order valence-electron chi connectivity index (χ3n) is 3.96. The molecule has 1 heterocycles. The van der Waals surface area contributed by atoms with Crippen LogP contribution in [0.25, 0.3) is 0 Å². The number of fused-ring (bicyclic) bond motifs is 2. The summed E-state index contributed by atoms with van der Waals surface area (Å²) in [6.07, 6.45) is 1.42. The molecular weight excluding hydrogens is 232 g/mol. The minimum absolute atomic E-state index is 0.536. The third-order valence-corrected chi connectivity index (χ3v) is 3.96. The van der Waals surface area contributed by atoms with E-state index < -0.39 is 12.1 Å². The highest BCUT2D eigenvalue weighted by molar-refractivity contribution is 5.45. The Morgan fingerprint density at radius 1 is 1.22 bits per heavy atom. The van der Waals surface area contributed by atoms with E-state index in [1.165, 1.54) is 5.56 Å². The number of aliphatic hydroxyl groups is 2. The van der Waals surface area contributed by atoms with E-state index in [4.69, 9.17) is 9.47 Å². The molecule has 18 heavy (non-hydrogen) atoms. The van der Waals surface area contributed by atoms with Crippen LogP contribution >= 0.6 is 0 Å². The third kappa shape index (κ3) is 1.68. The highest BCUT2D eigenvalue weighted by Crippen LogP contribution is 2.44. The van der Waals surface area contributed by atoms with Crippen LogP contribution in [-0.4, -0.2) is 23.4 Å². The average molecular weight is 250 g/mol. The molecule has 4 heteroatoms. The van der Waals surface area contributed by atoms with E-state index in [2.05, 4.69) is 0 Å². The second kappa shape index (κ2) is 4.31. The van der Waals surface area contributed by atoms with Gasteiger partial charge in [0.05, 0.1) is 13.2 Å². The highest BCUT2D eigenvalue weighted by Gasteiger charge is 2.43. The Hall–Kier alpha value is -0.940. The molecular formula is C14H18O4. The van der Waals surface area contributed by atoms with Crippen molar-refractivity contribution in [2.45, 2.75) is 38.3 Å². The van der Waals surface area contributed by atoms with Gasteiger partial charge in [0.15, 0.2) is 12.1 Å². The molecule has 2 N–H and O–H groups in total. The lowest BCUT2D eigenvalue weighted by Crippen LogP contribution is -2.33. The van der Waals surface area contributed by atoms with Crippen molar-refractivity contribution in [2.24, 2.45) is 0 Å². The van der Waals surface area contributed by atoms with Gasteiger partial charge < -0.3 is 19.7 Å². The first-order chi connectivity index (χ1) is 8.64. The maximum atomic E-state index is 9.41. The van der Waals surface area contributed by atoms with Gasteiger partial charge in [0.2, 0.25) is 0 Å². The summed E-state index contributed by atoms with van der Waals surface area (Å²) in [7, 11) is 0.